The molecule has 0 aliphatic heterocycles. The van der Waals surface area contributed by atoms with Gasteiger partial charge < -0.3 is 10.1 Å². The molecule has 1 rings (SSSR count). The molecule has 10 nitrogen and oxygen atoms in total. The normalized spacial score (nSPS) is 11.7. The van der Waals surface area contributed by atoms with Crippen LogP contribution >= 0.6 is 0 Å². The zero-order valence-electron chi connectivity index (χ0n) is 14.5. The number of nitrogens with zero attached hydrogens (tertiary/aromatic N) is 3. The van der Waals surface area contributed by atoms with E-state index in [0.29, 0.717) is 5.57 Å². The Kier molecular flexibility index (Phi) is 7.87. The molecule has 0 aliphatic rings. The summed E-state index contributed by atoms with van der Waals surface area (Å²) in [6.07, 6.45) is 5.73. The summed E-state index contributed by atoms with van der Waals surface area (Å²) in [5, 5.41) is 33.4. The van der Waals surface area contributed by atoms with Crippen LogP contribution in [0.1, 0.15) is 13.8 Å². The molecule has 27 heavy (non-hydrogen) atoms. The van der Waals surface area contributed by atoms with Crippen LogP contribution in [-0.2, 0) is 9.53 Å². The number of allylic oxidation sites excluding steroid dienone is 4. The Hall–Kier alpha value is -4.00. The van der Waals surface area contributed by atoms with Crippen LogP contribution in [-0.4, -0.2) is 22.4 Å². The Morgan fingerprint density at radius 1 is 1.33 bits per heavy atom. The predicted molar refractivity (Wildman–Crippen MR) is 96.6 cm³/mol. The monoisotopic (exact) mass is 372 g/mol. The zero-order valence-corrected chi connectivity index (χ0v) is 14.5. The number of esters is 1. The molecule has 0 bridgehead atoms. The molecule has 1 aromatic carbocycles. The van der Waals surface area contributed by atoms with E-state index in [1.165, 1.54) is 24.4 Å². The van der Waals surface area contributed by atoms with Gasteiger partial charge in [-0.15, -0.1) is 0 Å². The van der Waals surface area contributed by atoms with Crippen molar-refractivity contribution in [2.45, 2.75) is 13.8 Å². The fourth-order valence-corrected chi connectivity index (χ4v) is 1.80. The highest BCUT2D eigenvalue weighted by atomic mass is 16.6. The molecule has 0 saturated heterocycles. The number of carbonyl (C=O) groups excluding carboxylic acids is 1. The molecule has 0 unspecified atom stereocenters. The number of nitrogens with one attached hydrogen (secondary N) is 1. The number of non-ortho nitro benzene ring substituents is 1. The first-order valence-electron chi connectivity index (χ1n) is 7.61. The summed E-state index contributed by atoms with van der Waals surface area (Å²) in [6, 6.07) is 4.97. The number of carbonyl (C=O) groups is 1. The average molecular weight is 372 g/mol. The largest absolute Gasteiger partial charge is 0.462 e. The third kappa shape index (κ3) is 6.43. The number of nitro groups is 2. The Labute approximate surface area is 154 Å². The van der Waals surface area contributed by atoms with Crippen molar-refractivity contribution < 1.29 is 19.4 Å². The second-order valence-electron chi connectivity index (χ2n) is 5.02. The summed E-state index contributed by atoms with van der Waals surface area (Å²) in [6.45, 7) is 3.45. The Morgan fingerprint density at radius 2 is 2.04 bits per heavy atom. The van der Waals surface area contributed by atoms with E-state index in [9.17, 15) is 25.0 Å². The summed E-state index contributed by atoms with van der Waals surface area (Å²) in [4.78, 5) is 31.8. The van der Waals surface area contributed by atoms with E-state index in [-0.39, 0.29) is 23.6 Å². The molecule has 0 radical (unpaired) electrons. The van der Waals surface area contributed by atoms with Gasteiger partial charge in [-0.2, -0.15) is 5.26 Å². The van der Waals surface area contributed by atoms with Crippen LogP contribution in [0, 0.1) is 31.6 Å². The first-order chi connectivity index (χ1) is 12.8. The lowest BCUT2D eigenvalue weighted by Gasteiger charge is -2.03. The van der Waals surface area contributed by atoms with Gasteiger partial charge in [-0.25, -0.2) is 4.79 Å². The third-order valence-corrected chi connectivity index (χ3v) is 3.08. The molecule has 0 aliphatic carbocycles. The number of nitro benzene ring substituents is 2. The quantitative estimate of drug-likeness (QED) is 0.182. The predicted octanol–water partition coefficient (Wildman–Crippen LogP) is 3.39. The Morgan fingerprint density at radius 3 is 2.59 bits per heavy atom. The number of benzene rings is 1. The van der Waals surface area contributed by atoms with E-state index < -0.39 is 21.5 Å². The molecule has 1 aromatic rings. The number of ether oxygens (including phenoxy) is 1. The Bertz CT molecular complexity index is 880. The average Bonchev–Trinajstić information content (AvgIpc) is 2.63. The molecule has 10 heteroatoms. The zero-order chi connectivity index (χ0) is 20.4. The fraction of sp³-hybridized carbons (Fsp3) is 0.176. The van der Waals surface area contributed by atoms with Gasteiger partial charge in [-0.05, 0) is 31.6 Å². The van der Waals surface area contributed by atoms with Gasteiger partial charge in [0.15, 0.2) is 0 Å². The molecule has 0 saturated carbocycles. The lowest BCUT2D eigenvalue weighted by molar-refractivity contribution is -0.393. The van der Waals surface area contributed by atoms with Gasteiger partial charge in [-0.3, -0.25) is 20.2 Å². The first kappa shape index (κ1) is 21.0. The van der Waals surface area contributed by atoms with Gasteiger partial charge >= 0.3 is 5.97 Å². The van der Waals surface area contributed by atoms with Gasteiger partial charge in [0.2, 0.25) is 0 Å². The van der Waals surface area contributed by atoms with Crippen LogP contribution in [0.4, 0.5) is 17.1 Å². The van der Waals surface area contributed by atoms with E-state index in [0.717, 1.165) is 12.1 Å². The second-order valence-corrected chi connectivity index (χ2v) is 5.02. The minimum absolute atomic E-state index is 0.0816. The summed E-state index contributed by atoms with van der Waals surface area (Å²) in [7, 11) is 0. The number of rotatable bonds is 8. The number of nitriles is 1. The van der Waals surface area contributed by atoms with Crippen LogP contribution in [0.3, 0.4) is 0 Å². The topological polar surface area (TPSA) is 148 Å². The van der Waals surface area contributed by atoms with Gasteiger partial charge in [0, 0.05) is 12.3 Å². The highest BCUT2D eigenvalue weighted by Crippen LogP contribution is 2.29. The maximum Gasteiger partial charge on any atom is 0.348 e. The highest BCUT2D eigenvalue weighted by molar-refractivity contribution is 5.93. The fourth-order valence-electron chi connectivity index (χ4n) is 1.80. The molecule has 0 spiro atoms. The van der Waals surface area contributed by atoms with E-state index in [4.69, 9.17) is 10.00 Å². The van der Waals surface area contributed by atoms with Crippen LogP contribution in [0.15, 0.2) is 53.8 Å². The van der Waals surface area contributed by atoms with Crippen molar-refractivity contribution in [2.75, 3.05) is 11.9 Å². The van der Waals surface area contributed by atoms with E-state index >= 15 is 0 Å². The van der Waals surface area contributed by atoms with Crippen LogP contribution in [0.2, 0.25) is 0 Å². The van der Waals surface area contributed by atoms with Crippen molar-refractivity contribution in [3.63, 3.8) is 0 Å². The minimum Gasteiger partial charge on any atom is -0.462 e. The summed E-state index contributed by atoms with van der Waals surface area (Å²) in [5.74, 6) is -0.731. The van der Waals surface area contributed by atoms with E-state index in [2.05, 4.69) is 5.32 Å². The van der Waals surface area contributed by atoms with Gasteiger partial charge in [-0.1, -0.05) is 12.2 Å². The van der Waals surface area contributed by atoms with Crippen molar-refractivity contribution in [2.24, 2.45) is 0 Å². The number of hydrogen-bond acceptors (Lipinski definition) is 8. The number of anilines is 1. The second kappa shape index (κ2) is 10.1. The molecule has 0 aromatic heterocycles. The van der Waals surface area contributed by atoms with Crippen LogP contribution < -0.4 is 5.32 Å². The highest BCUT2D eigenvalue weighted by Gasteiger charge is 2.18. The summed E-state index contributed by atoms with van der Waals surface area (Å²) >= 11 is 0. The molecule has 0 atom stereocenters. The maximum atomic E-state index is 11.5. The molecule has 0 amide bonds. The number of hydrogen-bond donors (Lipinski definition) is 1. The van der Waals surface area contributed by atoms with Crippen LogP contribution in [0.25, 0.3) is 0 Å². The molecule has 1 N–H and O–H groups in total. The lowest BCUT2D eigenvalue weighted by Crippen LogP contribution is -2.05. The van der Waals surface area contributed by atoms with Crippen LogP contribution in [0.5, 0.6) is 0 Å². The molecular formula is C17H16N4O6. The molecule has 0 heterocycles. The van der Waals surface area contributed by atoms with Crippen molar-refractivity contribution >= 4 is 23.0 Å². The molecule has 0 fully saturated rings. The standard InChI is InChI=1S/C17H16N4O6/c1-3-27-17(22)13(10-18)6-4-5-12(2)11-19-15-8-7-14(20(23)24)9-16(15)21(25)26/h4-9,11,19H,3H2,1-2H3/b5-4+,12-11+,13-6-. The first-order valence-corrected chi connectivity index (χ1v) is 7.61. The molecule has 140 valence electrons. The van der Waals surface area contributed by atoms with Crippen molar-refractivity contribution in [1.82, 2.24) is 0 Å². The SMILES string of the molecule is CCOC(=O)\C(C#N)=C/C=C/C(C)=C/Nc1ccc([N+](=O)[O-])cc1[N+](=O)[O-]. The maximum absolute atomic E-state index is 11.5. The molecular weight excluding hydrogens is 356 g/mol. The van der Waals surface area contributed by atoms with E-state index in [1.807, 2.05) is 0 Å². The van der Waals surface area contributed by atoms with Gasteiger partial charge in [0.05, 0.1) is 22.5 Å². The van der Waals surface area contributed by atoms with Gasteiger partial charge in [0.25, 0.3) is 11.4 Å². The lowest BCUT2D eigenvalue weighted by atomic mass is 10.2. The van der Waals surface area contributed by atoms with Crippen molar-refractivity contribution in [3.05, 3.63) is 74.0 Å². The van der Waals surface area contributed by atoms with Gasteiger partial charge in [0.1, 0.15) is 17.3 Å². The minimum atomic E-state index is -0.731. The summed E-state index contributed by atoms with van der Waals surface area (Å²) < 4.78 is 4.72. The Balaban J connectivity index is 2.94. The smallest absolute Gasteiger partial charge is 0.348 e. The van der Waals surface area contributed by atoms with Crippen molar-refractivity contribution in [3.8, 4) is 6.07 Å². The summed E-state index contributed by atoms with van der Waals surface area (Å²) in [5.41, 5.74) is -0.301. The van der Waals surface area contributed by atoms with E-state index in [1.54, 1.807) is 26.0 Å². The third-order valence-electron chi connectivity index (χ3n) is 3.08. The van der Waals surface area contributed by atoms with Crippen molar-refractivity contribution in [1.29, 1.82) is 5.26 Å².